The molecule has 28 heavy (non-hydrogen) atoms. The zero-order valence-corrected chi connectivity index (χ0v) is 16.7. The van der Waals surface area contributed by atoms with Gasteiger partial charge in [-0.25, -0.2) is 19.9 Å². The minimum atomic E-state index is 0.589. The lowest BCUT2D eigenvalue weighted by Crippen LogP contribution is -2.52. The Kier molecular flexibility index (Phi) is 7.40. The second-order valence-corrected chi connectivity index (χ2v) is 6.55. The van der Waals surface area contributed by atoms with E-state index in [1.807, 2.05) is 24.4 Å². The van der Waals surface area contributed by atoms with E-state index in [9.17, 15) is 0 Å². The summed E-state index contributed by atoms with van der Waals surface area (Å²) in [5, 5.41) is 3.40. The molecule has 0 bridgehead atoms. The number of rotatable bonds is 7. The van der Waals surface area contributed by atoms with Crippen LogP contribution in [0.5, 0.6) is 5.88 Å². The molecule has 3 rings (SSSR count). The third-order valence-corrected chi connectivity index (χ3v) is 4.41. The standard InChI is InChI=1S/C20H29N7O/c1-3-14-28-18-7-6-17(15-24-18)16-25-19(21-4-2)26-10-12-27(13-11-26)20-22-8-5-9-23-20/h5-9,15H,3-4,10-14,16H2,1-2H3,(H,21,25). The van der Waals surface area contributed by atoms with E-state index in [4.69, 9.17) is 9.73 Å². The molecule has 0 spiro atoms. The summed E-state index contributed by atoms with van der Waals surface area (Å²) in [5.41, 5.74) is 1.07. The first kappa shape index (κ1) is 19.9. The van der Waals surface area contributed by atoms with E-state index >= 15 is 0 Å². The first-order valence-corrected chi connectivity index (χ1v) is 9.93. The lowest BCUT2D eigenvalue weighted by Gasteiger charge is -2.36. The van der Waals surface area contributed by atoms with Crippen LogP contribution in [0.2, 0.25) is 0 Å². The number of piperazine rings is 1. The molecule has 0 atom stereocenters. The zero-order chi connectivity index (χ0) is 19.6. The van der Waals surface area contributed by atoms with Crippen LogP contribution in [-0.4, -0.2) is 65.1 Å². The molecule has 0 aromatic carbocycles. The summed E-state index contributed by atoms with van der Waals surface area (Å²) in [6, 6.07) is 5.77. The first-order chi connectivity index (χ1) is 13.8. The van der Waals surface area contributed by atoms with Crippen molar-refractivity contribution in [3.05, 3.63) is 42.4 Å². The lowest BCUT2D eigenvalue weighted by atomic mass is 10.3. The Morgan fingerprint density at radius 1 is 1.11 bits per heavy atom. The van der Waals surface area contributed by atoms with Gasteiger partial charge in [0, 0.05) is 57.4 Å². The van der Waals surface area contributed by atoms with Crippen molar-refractivity contribution in [2.75, 3.05) is 44.2 Å². The maximum atomic E-state index is 5.53. The van der Waals surface area contributed by atoms with E-state index in [0.29, 0.717) is 19.0 Å². The SMILES string of the molecule is CCCOc1ccc(CN=C(NCC)N2CCN(c3ncccn3)CC2)cn1. The number of anilines is 1. The molecule has 1 saturated heterocycles. The second kappa shape index (κ2) is 10.4. The normalized spacial score (nSPS) is 14.9. The Balaban J connectivity index is 1.57. The summed E-state index contributed by atoms with van der Waals surface area (Å²) in [7, 11) is 0. The van der Waals surface area contributed by atoms with Gasteiger partial charge in [0.05, 0.1) is 13.2 Å². The van der Waals surface area contributed by atoms with Crippen molar-refractivity contribution in [2.24, 2.45) is 4.99 Å². The average molecular weight is 384 g/mol. The molecular formula is C20H29N7O. The topological polar surface area (TPSA) is 78.8 Å². The summed E-state index contributed by atoms with van der Waals surface area (Å²) >= 11 is 0. The molecule has 0 amide bonds. The summed E-state index contributed by atoms with van der Waals surface area (Å²) in [4.78, 5) is 22.3. The van der Waals surface area contributed by atoms with E-state index in [0.717, 1.165) is 56.6 Å². The summed E-state index contributed by atoms with van der Waals surface area (Å²) < 4.78 is 5.53. The van der Waals surface area contributed by atoms with E-state index < -0.39 is 0 Å². The highest BCUT2D eigenvalue weighted by Crippen LogP contribution is 2.11. The van der Waals surface area contributed by atoms with E-state index in [1.54, 1.807) is 12.4 Å². The van der Waals surface area contributed by atoms with Crippen molar-refractivity contribution in [3.63, 3.8) is 0 Å². The molecule has 0 aliphatic carbocycles. The fraction of sp³-hybridized carbons (Fsp3) is 0.500. The van der Waals surface area contributed by atoms with Gasteiger partial charge in [0.15, 0.2) is 5.96 Å². The number of guanidine groups is 1. The Hall–Kier alpha value is -2.90. The second-order valence-electron chi connectivity index (χ2n) is 6.55. The molecule has 0 saturated carbocycles. The van der Waals surface area contributed by atoms with Crippen LogP contribution in [0.25, 0.3) is 0 Å². The summed E-state index contributed by atoms with van der Waals surface area (Å²) in [6.07, 6.45) is 6.38. The van der Waals surface area contributed by atoms with Crippen LogP contribution in [-0.2, 0) is 6.54 Å². The first-order valence-electron chi connectivity index (χ1n) is 9.93. The zero-order valence-electron chi connectivity index (χ0n) is 16.7. The van der Waals surface area contributed by atoms with Crippen molar-refractivity contribution in [3.8, 4) is 5.88 Å². The predicted molar refractivity (Wildman–Crippen MR) is 111 cm³/mol. The summed E-state index contributed by atoms with van der Waals surface area (Å²) in [6.45, 7) is 9.80. The molecule has 3 heterocycles. The van der Waals surface area contributed by atoms with Crippen LogP contribution < -0.4 is 15.0 Å². The molecule has 8 nitrogen and oxygen atoms in total. The average Bonchev–Trinajstić information content (AvgIpc) is 2.77. The van der Waals surface area contributed by atoms with Crippen molar-refractivity contribution in [1.29, 1.82) is 0 Å². The molecule has 0 radical (unpaired) electrons. The molecule has 2 aromatic heterocycles. The Labute approximate surface area is 166 Å². The molecule has 150 valence electrons. The highest BCUT2D eigenvalue weighted by atomic mass is 16.5. The van der Waals surface area contributed by atoms with Crippen molar-refractivity contribution < 1.29 is 4.74 Å². The number of aliphatic imine (C=N–C) groups is 1. The quantitative estimate of drug-likeness (QED) is 0.578. The van der Waals surface area contributed by atoms with E-state index in [1.165, 1.54) is 0 Å². The van der Waals surface area contributed by atoms with Gasteiger partial charge in [-0.2, -0.15) is 0 Å². The van der Waals surface area contributed by atoms with Gasteiger partial charge in [0.25, 0.3) is 0 Å². The smallest absolute Gasteiger partial charge is 0.225 e. The van der Waals surface area contributed by atoms with Gasteiger partial charge in [0.1, 0.15) is 0 Å². The largest absolute Gasteiger partial charge is 0.478 e. The van der Waals surface area contributed by atoms with Gasteiger partial charge in [-0.3, -0.25) is 0 Å². The molecule has 1 N–H and O–H groups in total. The van der Waals surface area contributed by atoms with Gasteiger partial charge in [-0.15, -0.1) is 0 Å². The minimum absolute atomic E-state index is 0.589. The number of aromatic nitrogens is 3. The van der Waals surface area contributed by atoms with Crippen LogP contribution in [0, 0.1) is 0 Å². The Bertz CT molecular complexity index is 728. The van der Waals surface area contributed by atoms with Gasteiger partial charge < -0.3 is 19.9 Å². The third kappa shape index (κ3) is 5.55. The van der Waals surface area contributed by atoms with Crippen molar-refractivity contribution >= 4 is 11.9 Å². The molecule has 1 fully saturated rings. The van der Waals surface area contributed by atoms with Crippen LogP contribution >= 0.6 is 0 Å². The Morgan fingerprint density at radius 2 is 1.89 bits per heavy atom. The summed E-state index contributed by atoms with van der Waals surface area (Å²) in [5.74, 6) is 2.39. The number of ether oxygens (including phenoxy) is 1. The van der Waals surface area contributed by atoms with Crippen LogP contribution in [0.15, 0.2) is 41.8 Å². The maximum Gasteiger partial charge on any atom is 0.225 e. The highest BCUT2D eigenvalue weighted by molar-refractivity contribution is 5.80. The van der Waals surface area contributed by atoms with Gasteiger partial charge in [-0.1, -0.05) is 13.0 Å². The highest BCUT2D eigenvalue weighted by Gasteiger charge is 2.21. The number of hydrogen-bond donors (Lipinski definition) is 1. The predicted octanol–water partition coefficient (Wildman–Crippen LogP) is 1.95. The van der Waals surface area contributed by atoms with Crippen molar-refractivity contribution in [1.82, 2.24) is 25.2 Å². The van der Waals surface area contributed by atoms with E-state index in [-0.39, 0.29) is 0 Å². The third-order valence-electron chi connectivity index (χ3n) is 4.41. The van der Waals surface area contributed by atoms with Gasteiger partial charge >= 0.3 is 0 Å². The molecule has 0 unspecified atom stereocenters. The number of nitrogens with one attached hydrogen (secondary N) is 1. The van der Waals surface area contributed by atoms with Crippen LogP contribution in [0.4, 0.5) is 5.95 Å². The molecule has 8 heteroatoms. The molecular weight excluding hydrogens is 354 g/mol. The van der Waals surface area contributed by atoms with Gasteiger partial charge in [-0.05, 0) is 25.0 Å². The van der Waals surface area contributed by atoms with Crippen molar-refractivity contribution in [2.45, 2.75) is 26.8 Å². The number of hydrogen-bond acceptors (Lipinski definition) is 6. The number of nitrogens with zero attached hydrogens (tertiary/aromatic N) is 6. The van der Waals surface area contributed by atoms with E-state index in [2.05, 4.69) is 43.9 Å². The molecule has 1 aliphatic rings. The molecule has 1 aliphatic heterocycles. The monoisotopic (exact) mass is 383 g/mol. The number of pyridine rings is 1. The fourth-order valence-corrected chi connectivity index (χ4v) is 2.96. The van der Waals surface area contributed by atoms with Gasteiger partial charge in [0.2, 0.25) is 11.8 Å². The minimum Gasteiger partial charge on any atom is -0.478 e. The fourth-order valence-electron chi connectivity index (χ4n) is 2.96. The maximum absolute atomic E-state index is 5.53. The van der Waals surface area contributed by atoms with Crippen LogP contribution in [0.3, 0.4) is 0 Å². The molecule has 2 aromatic rings. The van der Waals surface area contributed by atoms with Crippen LogP contribution in [0.1, 0.15) is 25.8 Å². The Morgan fingerprint density at radius 3 is 2.54 bits per heavy atom. The lowest BCUT2D eigenvalue weighted by molar-refractivity contribution is 0.305.